The quantitative estimate of drug-likeness (QED) is 0.234. The molecule has 0 bridgehead atoms. The van der Waals surface area contributed by atoms with Crippen molar-refractivity contribution in [2.24, 2.45) is 0 Å². The molecule has 3 aromatic carbocycles. The molecular weight excluding hydrogens is 515 g/mol. The maximum Gasteiger partial charge on any atom is 0.198 e. The number of imidazole rings is 1. The molecule has 6 nitrogen and oxygen atoms in total. The highest BCUT2D eigenvalue weighted by atomic mass is 35.5. The number of aromatic amines is 1. The van der Waals surface area contributed by atoms with Gasteiger partial charge in [0.2, 0.25) is 0 Å². The molecule has 0 atom stereocenters. The van der Waals surface area contributed by atoms with Gasteiger partial charge in [0.15, 0.2) is 13.1 Å². The molecule has 0 spiro atoms. The highest BCUT2D eigenvalue weighted by Gasteiger charge is 2.30. The van der Waals surface area contributed by atoms with Crippen molar-refractivity contribution in [3.05, 3.63) is 114 Å². The van der Waals surface area contributed by atoms with Gasteiger partial charge < -0.3 is 26.6 Å². The zero-order valence-electron chi connectivity index (χ0n) is 21.8. The maximum absolute atomic E-state index is 14.2. The molecule has 0 unspecified atom stereocenters. The van der Waals surface area contributed by atoms with E-state index in [2.05, 4.69) is 30.0 Å². The lowest BCUT2D eigenvalue weighted by molar-refractivity contribution is -0.937. The molecule has 5 rings (SSSR count). The number of halogens is 1. The number of nitrogens with one attached hydrogen (secondary N) is 2. The van der Waals surface area contributed by atoms with Gasteiger partial charge in [-0.25, -0.2) is 4.98 Å². The fourth-order valence-corrected chi connectivity index (χ4v) is 6.63. The zero-order valence-corrected chi connectivity index (χ0v) is 23.5. The molecule has 0 amide bonds. The minimum absolute atomic E-state index is 0. The number of hydrogen-bond donors (Lipinski definition) is 2. The lowest BCUT2D eigenvalue weighted by atomic mass is 10.2. The molecule has 0 saturated heterocycles. The topological polar surface area (TPSA) is 67.0 Å². The van der Waals surface area contributed by atoms with Gasteiger partial charge in [-0.15, -0.1) is 0 Å². The molecule has 38 heavy (non-hydrogen) atoms. The second-order valence-corrected chi connectivity index (χ2v) is 11.7. The number of hydrogen-bond acceptors (Lipinski definition) is 3. The van der Waals surface area contributed by atoms with E-state index in [0.29, 0.717) is 18.1 Å². The molecule has 4 aromatic rings. The number of aromatic nitrogens is 2. The van der Waals surface area contributed by atoms with Crippen molar-refractivity contribution in [2.45, 2.75) is 20.4 Å². The summed E-state index contributed by atoms with van der Waals surface area (Å²) in [6, 6.07) is 27.8. The van der Waals surface area contributed by atoms with Crippen molar-refractivity contribution in [2.75, 3.05) is 26.2 Å². The Morgan fingerprint density at radius 3 is 1.95 bits per heavy atom. The number of fused-ring (bicyclic) bond motifs is 1. The van der Waals surface area contributed by atoms with Crippen molar-refractivity contribution in [1.29, 1.82) is 0 Å². The molecule has 1 aliphatic rings. The Bertz CT molecular complexity index is 1370. The van der Waals surface area contributed by atoms with Gasteiger partial charge in [-0.05, 0) is 26.0 Å². The number of quaternary nitrogens is 1. The van der Waals surface area contributed by atoms with Crippen LogP contribution in [-0.2, 0) is 15.8 Å². The third-order valence-corrected chi connectivity index (χ3v) is 9.12. The van der Waals surface area contributed by atoms with Crippen molar-refractivity contribution < 1.29 is 26.2 Å². The molecule has 2 heterocycles. The van der Waals surface area contributed by atoms with Crippen LogP contribution in [0.2, 0.25) is 0 Å². The highest BCUT2D eigenvalue weighted by molar-refractivity contribution is 7.68. The third kappa shape index (κ3) is 6.28. The number of para-hydroxylation sites is 2. The Morgan fingerprint density at radius 1 is 0.842 bits per heavy atom. The van der Waals surface area contributed by atoms with E-state index in [1.807, 2.05) is 78.9 Å². The number of likely N-dealkylation sites (N-methyl/N-ethyl adjacent to an activating group) is 1. The van der Waals surface area contributed by atoms with Crippen molar-refractivity contribution in [1.82, 2.24) is 15.1 Å². The van der Waals surface area contributed by atoms with Crippen molar-refractivity contribution in [3.63, 3.8) is 0 Å². The number of nitrogens with zero attached hydrogens (tertiary/aromatic N) is 2. The lowest BCUT2D eigenvalue weighted by Gasteiger charge is -2.36. The van der Waals surface area contributed by atoms with Crippen LogP contribution in [0.5, 0.6) is 0 Å². The first-order valence-electron chi connectivity index (χ1n) is 12.9. The lowest BCUT2D eigenvalue weighted by Crippen LogP contribution is -3.00. The van der Waals surface area contributed by atoms with Gasteiger partial charge in [-0.2, -0.15) is 0 Å². The summed E-state index contributed by atoms with van der Waals surface area (Å²) in [5, 5.41) is 3.41. The van der Waals surface area contributed by atoms with Crippen molar-refractivity contribution in [3.8, 4) is 0 Å². The Hall–Kier alpha value is -3.15. The number of H-pyrrole nitrogens is 1. The van der Waals surface area contributed by atoms with Crippen LogP contribution < -0.4 is 17.5 Å². The van der Waals surface area contributed by atoms with Gasteiger partial charge in [-0.1, -0.05) is 72.8 Å². The first kappa shape index (κ1) is 27.9. The summed E-state index contributed by atoms with van der Waals surface area (Å²) in [4.78, 5) is 8.29. The first-order valence-corrected chi connectivity index (χ1v) is 14.7. The summed E-state index contributed by atoms with van der Waals surface area (Å²) in [6.07, 6.45) is 0. The third-order valence-electron chi connectivity index (χ3n) is 7.16. The van der Waals surface area contributed by atoms with E-state index in [1.165, 1.54) is 0 Å². The Kier molecular flexibility index (Phi) is 8.91. The van der Waals surface area contributed by atoms with Crippen LogP contribution in [-0.4, -0.2) is 40.6 Å². The summed E-state index contributed by atoms with van der Waals surface area (Å²) in [5.74, 6) is 5.75. The standard InChI is InChI=1S/C30H34N4O2P.ClH/c1-3-34(4-2,21-30-32-26-17-11-12-18-27(26)33-30)20-19-31-37(35)22-28(24-13-7-5-8-14-24)36-29(23-37)25-15-9-6-10-16-25;/h5-18,22-23H,3-4,19-21H2,1-2H3,(H,31,35)(H,32,33);1H/q+1;/p-1. The van der Waals surface area contributed by atoms with E-state index in [-0.39, 0.29) is 12.4 Å². The van der Waals surface area contributed by atoms with Gasteiger partial charge in [0.05, 0.1) is 37.2 Å². The highest BCUT2D eigenvalue weighted by Crippen LogP contribution is 2.53. The summed E-state index contributed by atoms with van der Waals surface area (Å²) in [7, 11) is -3.00. The van der Waals surface area contributed by atoms with Crippen LogP contribution in [0.4, 0.5) is 0 Å². The number of ether oxygens (including phenoxy) is 1. The van der Waals surface area contributed by atoms with Gasteiger partial charge in [0.1, 0.15) is 18.1 Å². The fraction of sp³-hybridized carbons (Fsp3) is 0.233. The molecule has 2 N–H and O–H groups in total. The van der Waals surface area contributed by atoms with Crippen LogP contribution in [0.25, 0.3) is 22.6 Å². The summed E-state index contributed by atoms with van der Waals surface area (Å²) in [6.45, 7) is 8.58. The SMILES string of the molecule is CC[N+](CC)(CCNP1(=O)C=C(c2ccccc2)OC(c2ccccc2)=C1)Cc1nc2ccccc2[nH]1.[Cl-]. The minimum atomic E-state index is -3.00. The van der Waals surface area contributed by atoms with Gasteiger partial charge in [0, 0.05) is 22.8 Å². The van der Waals surface area contributed by atoms with Crippen molar-refractivity contribution >= 4 is 29.8 Å². The molecule has 0 radical (unpaired) electrons. The maximum atomic E-state index is 14.2. The van der Waals surface area contributed by atoms with Crippen LogP contribution in [0.1, 0.15) is 30.8 Å². The second kappa shape index (κ2) is 12.1. The Balaban J connectivity index is 0.00000336. The first-order chi connectivity index (χ1) is 18.0. The minimum Gasteiger partial charge on any atom is -1.00 e. The molecule has 1 aromatic heterocycles. The number of rotatable bonds is 10. The fourth-order valence-electron chi connectivity index (χ4n) is 4.82. The second-order valence-electron chi connectivity index (χ2n) is 9.49. The molecule has 8 heteroatoms. The van der Waals surface area contributed by atoms with Crippen LogP contribution in [0.3, 0.4) is 0 Å². The zero-order chi connectivity index (χ0) is 25.7. The van der Waals surface area contributed by atoms with E-state index >= 15 is 0 Å². The van der Waals surface area contributed by atoms with E-state index in [1.54, 1.807) is 11.6 Å². The normalized spacial score (nSPS) is 14.8. The molecule has 1 aliphatic heterocycles. The average Bonchev–Trinajstić information content (AvgIpc) is 3.35. The van der Waals surface area contributed by atoms with E-state index in [0.717, 1.165) is 58.6 Å². The predicted octanol–water partition coefficient (Wildman–Crippen LogP) is 3.82. The molecule has 0 fully saturated rings. The largest absolute Gasteiger partial charge is 1.00 e. The average molecular weight is 549 g/mol. The molecule has 0 aliphatic carbocycles. The smallest absolute Gasteiger partial charge is 0.198 e. The molecular formula is C30H34ClN4O2P. The van der Waals surface area contributed by atoms with E-state index < -0.39 is 7.29 Å². The number of benzene rings is 3. The van der Waals surface area contributed by atoms with Gasteiger partial charge in [-0.3, -0.25) is 9.65 Å². The van der Waals surface area contributed by atoms with Gasteiger partial charge in [0.25, 0.3) is 0 Å². The monoisotopic (exact) mass is 548 g/mol. The molecule has 198 valence electrons. The molecule has 0 saturated carbocycles. The summed E-state index contributed by atoms with van der Waals surface area (Å²) < 4.78 is 21.3. The van der Waals surface area contributed by atoms with E-state index in [9.17, 15) is 4.57 Å². The Morgan fingerprint density at radius 2 is 1.39 bits per heavy atom. The Labute approximate surface area is 230 Å². The summed E-state index contributed by atoms with van der Waals surface area (Å²) >= 11 is 0. The van der Waals surface area contributed by atoms with Crippen LogP contribution in [0, 0.1) is 0 Å². The van der Waals surface area contributed by atoms with Crippen LogP contribution in [0.15, 0.2) is 96.6 Å². The predicted molar refractivity (Wildman–Crippen MR) is 152 cm³/mol. The van der Waals surface area contributed by atoms with E-state index in [4.69, 9.17) is 9.72 Å². The van der Waals surface area contributed by atoms with Crippen LogP contribution >= 0.6 is 7.29 Å². The van der Waals surface area contributed by atoms with Gasteiger partial charge >= 0.3 is 0 Å². The summed E-state index contributed by atoms with van der Waals surface area (Å²) in [5.41, 5.74) is 3.86.